The van der Waals surface area contributed by atoms with Crippen LogP contribution < -0.4 is 0 Å². The van der Waals surface area contributed by atoms with Crippen molar-refractivity contribution in [2.24, 2.45) is 0 Å². The fourth-order valence-electron chi connectivity index (χ4n) is 18.1. The van der Waals surface area contributed by atoms with Crippen LogP contribution in [-0.4, -0.2) is 26.7 Å². The molecule has 14 aromatic carbocycles. The summed E-state index contributed by atoms with van der Waals surface area (Å²) in [4.78, 5) is 0. The number of para-hydroxylation sites is 8. The molecule has 6 nitrogen and oxygen atoms in total. The van der Waals surface area contributed by atoms with Crippen LogP contribution in [-0.2, 0) is 0 Å². The average Bonchev–Trinajstić information content (AvgIpc) is 1.60. The molecule has 0 fully saturated rings. The van der Waals surface area contributed by atoms with E-state index in [4.69, 9.17) is 0 Å². The third kappa shape index (κ3) is 5.03. The molecule has 10 aromatic heterocycles. The van der Waals surface area contributed by atoms with Crippen molar-refractivity contribution >= 4 is 196 Å². The van der Waals surface area contributed by atoms with E-state index in [1.54, 1.807) is 0 Å². The quantitative estimate of drug-likeness (QED) is 0.169. The minimum atomic E-state index is 1.16. The Balaban J connectivity index is 0.749. The maximum absolute atomic E-state index is 2.59. The van der Waals surface area contributed by atoms with Crippen molar-refractivity contribution in [3.8, 4) is 22.5 Å². The van der Waals surface area contributed by atoms with Crippen LogP contribution in [0.2, 0.25) is 0 Å². The van der Waals surface area contributed by atoms with E-state index in [1.165, 1.54) is 207 Å². The van der Waals surface area contributed by atoms with Gasteiger partial charge in [0.05, 0.1) is 88.3 Å². The van der Waals surface area contributed by atoms with E-state index in [1.807, 2.05) is 0 Å². The zero-order valence-electron chi connectivity index (χ0n) is 48.1. The van der Waals surface area contributed by atoms with Crippen molar-refractivity contribution in [3.05, 3.63) is 267 Å². The molecule has 0 aliphatic heterocycles. The van der Waals surface area contributed by atoms with Crippen molar-refractivity contribution in [1.82, 2.24) is 26.7 Å². The van der Waals surface area contributed by atoms with Crippen LogP contribution in [0, 0.1) is 0 Å². The second-order valence-electron chi connectivity index (χ2n) is 25.4. The van der Waals surface area contributed by atoms with Crippen LogP contribution in [0.3, 0.4) is 0 Å². The number of hydrogen-bond acceptors (Lipinski definition) is 0. The topological polar surface area (TPSA) is 27.5 Å². The van der Waals surface area contributed by atoms with Gasteiger partial charge in [-0.1, -0.05) is 176 Å². The van der Waals surface area contributed by atoms with Gasteiger partial charge in [-0.3, -0.25) is 0 Å². The number of fused-ring (bicyclic) bond motifs is 32. The fraction of sp³-hybridized carbons (Fsp3) is 0. The highest BCUT2D eigenvalue weighted by molar-refractivity contribution is 6.37. The van der Waals surface area contributed by atoms with Crippen LogP contribution in [0.1, 0.15) is 0 Å². The molecule has 0 amide bonds. The molecule has 24 aromatic rings. The van der Waals surface area contributed by atoms with Gasteiger partial charge < -0.3 is 26.7 Å². The zero-order chi connectivity index (χ0) is 57.7. The molecule has 410 valence electrons. The van der Waals surface area contributed by atoms with Crippen molar-refractivity contribution in [3.63, 3.8) is 0 Å². The van der Waals surface area contributed by atoms with Gasteiger partial charge in [0.1, 0.15) is 0 Å². The highest BCUT2D eigenvalue weighted by atomic mass is 15.0. The number of nitrogens with zero attached hydrogens (tertiary/aromatic N) is 6. The van der Waals surface area contributed by atoms with Crippen molar-refractivity contribution in [2.75, 3.05) is 0 Å². The molecule has 24 rings (SSSR count). The minimum absolute atomic E-state index is 1.16. The first-order valence-corrected chi connectivity index (χ1v) is 31.3. The Bertz CT molecular complexity index is 7370. The summed E-state index contributed by atoms with van der Waals surface area (Å²) < 4.78 is 15.3. The third-order valence-electron chi connectivity index (χ3n) is 21.5. The van der Waals surface area contributed by atoms with E-state index < -0.39 is 0 Å². The number of rotatable bonds is 3. The molecule has 0 aliphatic carbocycles. The first kappa shape index (κ1) is 45.2. The molecule has 0 atom stereocenters. The monoisotopic (exact) mass is 1140 g/mol. The maximum atomic E-state index is 2.59. The zero-order valence-corrected chi connectivity index (χ0v) is 48.1. The van der Waals surface area contributed by atoms with Gasteiger partial charge in [-0.05, 0) is 102 Å². The molecule has 6 heteroatoms. The molecular weight excluding hydrogens is 1090 g/mol. The first-order valence-electron chi connectivity index (χ1n) is 31.3. The second kappa shape index (κ2) is 15.3. The van der Waals surface area contributed by atoms with Crippen molar-refractivity contribution in [2.45, 2.75) is 0 Å². The van der Waals surface area contributed by atoms with Gasteiger partial charge in [0.25, 0.3) is 0 Å². The lowest BCUT2D eigenvalue weighted by Crippen LogP contribution is -1.94. The summed E-state index contributed by atoms with van der Waals surface area (Å²) in [6.07, 6.45) is 0. The predicted octanol–water partition coefficient (Wildman–Crippen LogP) is 22.1. The minimum Gasteiger partial charge on any atom is -0.309 e. The molecule has 0 aliphatic rings. The highest BCUT2D eigenvalue weighted by Gasteiger charge is 2.29. The summed E-state index contributed by atoms with van der Waals surface area (Å²) >= 11 is 0. The van der Waals surface area contributed by atoms with E-state index in [-0.39, 0.29) is 0 Å². The van der Waals surface area contributed by atoms with Gasteiger partial charge in [-0.25, -0.2) is 0 Å². The third-order valence-corrected chi connectivity index (χ3v) is 21.5. The van der Waals surface area contributed by atoms with Crippen LogP contribution in [0.4, 0.5) is 0 Å². The van der Waals surface area contributed by atoms with Gasteiger partial charge >= 0.3 is 0 Å². The number of benzene rings is 14. The van der Waals surface area contributed by atoms with E-state index in [9.17, 15) is 0 Å². The Kier molecular flexibility index (Phi) is 7.71. The van der Waals surface area contributed by atoms with E-state index in [2.05, 4.69) is 294 Å². The molecule has 0 bridgehead atoms. The molecule has 0 radical (unpaired) electrons. The van der Waals surface area contributed by atoms with E-state index in [0.29, 0.717) is 0 Å². The highest BCUT2D eigenvalue weighted by Crippen LogP contribution is 2.52. The Morgan fingerprint density at radius 1 is 0.167 bits per heavy atom. The Morgan fingerprint density at radius 2 is 0.522 bits per heavy atom. The largest absolute Gasteiger partial charge is 0.309 e. The van der Waals surface area contributed by atoms with Gasteiger partial charge in [0.15, 0.2) is 0 Å². The maximum Gasteiger partial charge on any atom is 0.0641 e. The number of hydrogen-bond donors (Lipinski definition) is 0. The molecule has 0 spiro atoms. The SMILES string of the molecule is c1ccc(-n2c3cc4c5cccc6c7ccccc7n(c4cc3c3cc4c(cc32)c2ccc(-c3ccc7c(c3)c3cccc8c9c%10c(ccc9n7c38)c3ccc7c(c8cccc9c%11ccccc%11n7c98)c3n%10-c3ccccc3)c3c7ccccc7n4c23)c65)cc1. The lowest BCUT2D eigenvalue weighted by Gasteiger charge is -2.10. The van der Waals surface area contributed by atoms with Gasteiger partial charge in [-0.2, -0.15) is 0 Å². The van der Waals surface area contributed by atoms with Gasteiger partial charge in [0.2, 0.25) is 0 Å². The summed E-state index contributed by atoms with van der Waals surface area (Å²) in [5.74, 6) is 0. The smallest absolute Gasteiger partial charge is 0.0641 e. The molecule has 0 saturated carbocycles. The average molecular weight is 1140 g/mol. The summed E-state index contributed by atoms with van der Waals surface area (Å²) in [7, 11) is 0. The summed E-state index contributed by atoms with van der Waals surface area (Å²) in [5, 5.41) is 25.5. The van der Waals surface area contributed by atoms with Crippen molar-refractivity contribution < 1.29 is 0 Å². The lowest BCUT2D eigenvalue weighted by molar-refractivity contribution is 1.18. The second-order valence-corrected chi connectivity index (χ2v) is 25.4. The molecule has 10 heterocycles. The van der Waals surface area contributed by atoms with Crippen LogP contribution in [0.5, 0.6) is 0 Å². The lowest BCUT2D eigenvalue weighted by atomic mass is 9.95. The van der Waals surface area contributed by atoms with Crippen molar-refractivity contribution in [1.29, 1.82) is 0 Å². The molecule has 90 heavy (non-hydrogen) atoms. The predicted molar refractivity (Wildman–Crippen MR) is 379 cm³/mol. The first-order chi connectivity index (χ1) is 44.7. The van der Waals surface area contributed by atoms with Gasteiger partial charge in [0, 0.05) is 119 Å². The molecule has 0 N–H and O–H groups in total. The standard InChI is InChI=1S/C84H44N6/c1-3-16-46(17-4-1)85-72-41-62-54-25-13-23-51-49-20-8-11-30-67(49)89(79(51)54)74(62)43-64(72)65-44-75-63(42-73(65)85)57-34-33-48(76-58-22-9-12-31-68(58)90(75)82(57)76)45-32-37-69-61(40-45)53-26-15-28-60-78-71(88(69)81(53)60)39-36-56-55-35-38-70-77(83(55)86(84(56)78)47-18-5-2-6-19-47)59-27-14-24-52-50-21-7-10-29-66(50)87(70)80(52)59/h1-44H. The van der Waals surface area contributed by atoms with Crippen LogP contribution in [0.15, 0.2) is 267 Å². The van der Waals surface area contributed by atoms with E-state index >= 15 is 0 Å². The fourth-order valence-corrected chi connectivity index (χ4v) is 18.1. The van der Waals surface area contributed by atoms with E-state index in [0.717, 1.165) is 11.4 Å². The Hall–Kier alpha value is -12.1. The van der Waals surface area contributed by atoms with Crippen LogP contribution >= 0.6 is 0 Å². The number of aromatic nitrogens is 6. The van der Waals surface area contributed by atoms with Crippen LogP contribution in [0.25, 0.3) is 218 Å². The summed E-state index contributed by atoms with van der Waals surface area (Å²) in [6.45, 7) is 0. The molecule has 0 unspecified atom stereocenters. The summed E-state index contributed by atoms with van der Waals surface area (Å²) in [6, 6.07) is 101. The summed E-state index contributed by atoms with van der Waals surface area (Å²) in [5.41, 5.74) is 24.7. The normalized spacial score (nSPS) is 13.1. The Labute approximate surface area is 509 Å². The molecule has 0 saturated heterocycles. The van der Waals surface area contributed by atoms with Gasteiger partial charge in [-0.15, -0.1) is 0 Å². The molecular formula is C84H44N6. The Morgan fingerprint density at radius 3 is 1.09 bits per heavy atom.